The molecule has 29 heavy (non-hydrogen) atoms. The van der Waals surface area contributed by atoms with Crippen molar-refractivity contribution in [3.05, 3.63) is 89.5 Å². The van der Waals surface area contributed by atoms with E-state index in [0.717, 1.165) is 11.1 Å². The molecule has 1 heterocycles. The van der Waals surface area contributed by atoms with Crippen molar-refractivity contribution < 1.29 is 23.0 Å². The maximum Gasteiger partial charge on any atom is 0.322 e. The van der Waals surface area contributed by atoms with E-state index >= 15 is 0 Å². The van der Waals surface area contributed by atoms with Crippen molar-refractivity contribution in [2.24, 2.45) is 0 Å². The second kappa shape index (κ2) is 8.18. The van der Waals surface area contributed by atoms with Crippen molar-refractivity contribution in [1.29, 1.82) is 0 Å². The molecule has 0 atom stereocenters. The van der Waals surface area contributed by atoms with Gasteiger partial charge in [-0.1, -0.05) is 30.3 Å². The third kappa shape index (κ3) is 4.45. The highest BCUT2D eigenvalue weighted by Crippen LogP contribution is 2.33. The number of ether oxygens (including phenoxy) is 2. The molecule has 0 radical (unpaired) electrons. The number of fused-ring (bicyclic) bond motifs is 1. The second-order valence-electron chi connectivity index (χ2n) is 6.58. The van der Waals surface area contributed by atoms with E-state index in [1.54, 1.807) is 36.4 Å². The van der Waals surface area contributed by atoms with Gasteiger partial charge in [-0.05, 0) is 47.5 Å². The van der Waals surface area contributed by atoms with Crippen LogP contribution < -0.4 is 14.8 Å². The Morgan fingerprint density at radius 2 is 1.59 bits per heavy atom. The zero-order chi connectivity index (χ0) is 20.2. The van der Waals surface area contributed by atoms with Gasteiger partial charge in [-0.2, -0.15) is 0 Å². The Morgan fingerprint density at radius 3 is 2.38 bits per heavy atom. The molecule has 0 aliphatic carbocycles. The van der Waals surface area contributed by atoms with Crippen molar-refractivity contribution in [1.82, 2.24) is 4.90 Å². The first-order valence-electron chi connectivity index (χ1n) is 9.02. The number of benzene rings is 3. The summed E-state index contributed by atoms with van der Waals surface area (Å²) >= 11 is 0. The minimum Gasteiger partial charge on any atom is -0.454 e. The molecule has 0 saturated heterocycles. The predicted octanol–water partition coefficient (Wildman–Crippen LogP) is 4.93. The van der Waals surface area contributed by atoms with E-state index in [1.807, 2.05) is 6.07 Å². The molecule has 0 unspecified atom stereocenters. The molecule has 7 heteroatoms. The normalized spacial score (nSPS) is 11.9. The first-order chi connectivity index (χ1) is 14.1. The largest absolute Gasteiger partial charge is 0.454 e. The molecular formula is C22H18F2N2O3. The Bertz CT molecular complexity index is 1020. The van der Waals surface area contributed by atoms with Gasteiger partial charge in [0.05, 0.1) is 5.69 Å². The van der Waals surface area contributed by atoms with Crippen LogP contribution in [0, 0.1) is 11.6 Å². The number of hydrogen-bond acceptors (Lipinski definition) is 3. The molecule has 0 aromatic heterocycles. The maximum absolute atomic E-state index is 14.0. The van der Waals surface area contributed by atoms with E-state index in [-0.39, 0.29) is 31.4 Å². The Hall–Kier alpha value is -3.61. The number of urea groups is 1. The summed E-state index contributed by atoms with van der Waals surface area (Å²) in [6.07, 6.45) is 0. The van der Waals surface area contributed by atoms with Crippen molar-refractivity contribution in [3.8, 4) is 11.5 Å². The molecule has 0 bridgehead atoms. The second-order valence-corrected chi connectivity index (χ2v) is 6.58. The number of para-hydroxylation sites is 1. The van der Waals surface area contributed by atoms with Crippen LogP contribution in [0.1, 0.15) is 11.1 Å². The topological polar surface area (TPSA) is 50.8 Å². The Labute approximate surface area is 166 Å². The summed E-state index contributed by atoms with van der Waals surface area (Å²) in [5.74, 6) is 0.380. The Balaban J connectivity index is 1.56. The van der Waals surface area contributed by atoms with Crippen molar-refractivity contribution in [2.75, 3.05) is 12.1 Å². The number of hydrogen-bond donors (Lipinski definition) is 1. The Kier molecular flexibility index (Phi) is 5.29. The fraction of sp³-hybridized carbons (Fsp3) is 0.136. The lowest BCUT2D eigenvalue weighted by Crippen LogP contribution is -2.34. The zero-order valence-corrected chi connectivity index (χ0v) is 15.4. The molecule has 0 saturated carbocycles. The highest BCUT2D eigenvalue weighted by Gasteiger charge is 2.19. The molecule has 1 N–H and O–H groups in total. The van der Waals surface area contributed by atoms with Crippen LogP contribution in [0.25, 0.3) is 0 Å². The van der Waals surface area contributed by atoms with Crippen LogP contribution >= 0.6 is 0 Å². The first-order valence-corrected chi connectivity index (χ1v) is 9.02. The van der Waals surface area contributed by atoms with Gasteiger partial charge in [0.1, 0.15) is 11.6 Å². The van der Waals surface area contributed by atoms with Crippen LogP contribution in [0.15, 0.2) is 66.7 Å². The van der Waals surface area contributed by atoms with E-state index in [2.05, 4.69) is 5.32 Å². The highest BCUT2D eigenvalue weighted by molar-refractivity contribution is 5.89. The average Bonchev–Trinajstić information content (AvgIpc) is 3.19. The highest BCUT2D eigenvalue weighted by atomic mass is 19.1. The van der Waals surface area contributed by atoms with Gasteiger partial charge < -0.3 is 19.7 Å². The van der Waals surface area contributed by atoms with Crippen LogP contribution in [0.2, 0.25) is 0 Å². The molecule has 4 rings (SSSR count). The third-order valence-corrected chi connectivity index (χ3v) is 4.50. The number of carbonyl (C=O) groups is 1. The SMILES string of the molecule is O=C(Nc1ccccc1F)N(Cc1ccc(F)cc1)Cc1ccc2c(c1)OCO2. The molecule has 3 aromatic rings. The van der Waals surface area contributed by atoms with E-state index in [9.17, 15) is 13.6 Å². The molecule has 5 nitrogen and oxygen atoms in total. The number of nitrogens with zero attached hydrogens (tertiary/aromatic N) is 1. The van der Waals surface area contributed by atoms with Gasteiger partial charge in [-0.25, -0.2) is 13.6 Å². The van der Waals surface area contributed by atoms with Gasteiger partial charge in [0, 0.05) is 13.1 Å². The summed E-state index contributed by atoms with van der Waals surface area (Å²) in [4.78, 5) is 14.4. The lowest BCUT2D eigenvalue weighted by Gasteiger charge is -2.24. The number of halogens is 2. The van der Waals surface area contributed by atoms with E-state index in [4.69, 9.17) is 9.47 Å². The van der Waals surface area contributed by atoms with Gasteiger partial charge in [-0.15, -0.1) is 0 Å². The van der Waals surface area contributed by atoms with Crippen LogP contribution in [-0.2, 0) is 13.1 Å². The number of rotatable bonds is 5. The van der Waals surface area contributed by atoms with Crippen LogP contribution in [0.4, 0.5) is 19.3 Å². The van der Waals surface area contributed by atoms with E-state index in [1.165, 1.54) is 29.2 Å². The van der Waals surface area contributed by atoms with Crippen molar-refractivity contribution in [3.63, 3.8) is 0 Å². The van der Waals surface area contributed by atoms with Gasteiger partial charge in [-0.3, -0.25) is 0 Å². The van der Waals surface area contributed by atoms with Crippen molar-refractivity contribution >= 4 is 11.7 Å². The number of amides is 2. The summed E-state index contributed by atoms with van der Waals surface area (Å²) in [5, 5.41) is 2.60. The fourth-order valence-electron chi connectivity index (χ4n) is 3.03. The standard InChI is InChI=1S/C22H18F2N2O3/c23-17-8-5-15(6-9-17)12-26(22(27)25-19-4-2-1-3-18(19)24)13-16-7-10-20-21(11-16)29-14-28-20/h1-11H,12-14H2,(H,25,27). The third-order valence-electron chi connectivity index (χ3n) is 4.50. The average molecular weight is 396 g/mol. The molecule has 1 aliphatic rings. The van der Waals surface area contributed by atoms with Gasteiger partial charge in [0.15, 0.2) is 11.5 Å². The molecule has 0 spiro atoms. The smallest absolute Gasteiger partial charge is 0.322 e. The van der Waals surface area contributed by atoms with Crippen LogP contribution in [0.3, 0.4) is 0 Å². The van der Waals surface area contributed by atoms with Crippen LogP contribution in [0.5, 0.6) is 11.5 Å². The van der Waals surface area contributed by atoms with Crippen molar-refractivity contribution in [2.45, 2.75) is 13.1 Å². The van der Waals surface area contributed by atoms with Gasteiger partial charge in [0.25, 0.3) is 0 Å². The number of carbonyl (C=O) groups excluding carboxylic acids is 1. The van der Waals surface area contributed by atoms with Crippen LogP contribution in [-0.4, -0.2) is 17.7 Å². The van der Waals surface area contributed by atoms with Gasteiger partial charge >= 0.3 is 6.03 Å². The molecule has 148 valence electrons. The zero-order valence-electron chi connectivity index (χ0n) is 15.4. The predicted molar refractivity (Wildman–Crippen MR) is 104 cm³/mol. The quantitative estimate of drug-likeness (QED) is 0.666. The van der Waals surface area contributed by atoms with E-state index < -0.39 is 11.8 Å². The summed E-state index contributed by atoms with van der Waals surface area (Å²) in [6.45, 7) is 0.620. The molecular weight excluding hydrogens is 378 g/mol. The summed E-state index contributed by atoms with van der Waals surface area (Å²) in [5.41, 5.74) is 1.66. The lowest BCUT2D eigenvalue weighted by molar-refractivity contribution is 0.174. The monoisotopic (exact) mass is 396 g/mol. The summed E-state index contributed by atoms with van der Waals surface area (Å²) < 4.78 is 37.9. The lowest BCUT2D eigenvalue weighted by atomic mass is 10.1. The summed E-state index contributed by atoms with van der Waals surface area (Å²) in [6, 6.07) is 16.8. The molecule has 0 fully saturated rings. The molecule has 3 aromatic carbocycles. The minimum atomic E-state index is -0.523. The molecule has 1 aliphatic heterocycles. The number of nitrogens with one attached hydrogen (secondary N) is 1. The van der Waals surface area contributed by atoms with E-state index in [0.29, 0.717) is 11.5 Å². The summed E-state index contributed by atoms with van der Waals surface area (Å²) in [7, 11) is 0. The fourth-order valence-corrected chi connectivity index (χ4v) is 3.03. The Morgan fingerprint density at radius 1 is 0.897 bits per heavy atom. The number of anilines is 1. The first kappa shape index (κ1) is 18.7. The molecule has 2 amide bonds. The minimum absolute atomic E-state index is 0.0901. The van der Waals surface area contributed by atoms with Gasteiger partial charge in [0.2, 0.25) is 6.79 Å². The maximum atomic E-state index is 14.0.